The van der Waals surface area contributed by atoms with Crippen LogP contribution < -0.4 is 5.73 Å². The van der Waals surface area contributed by atoms with E-state index in [-0.39, 0.29) is 11.6 Å². The summed E-state index contributed by atoms with van der Waals surface area (Å²) in [6, 6.07) is 0. The number of nitrogens with zero attached hydrogens (tertiary/aromatic N) is 3. The number of aromatic nitrogens is 3. The molecule has 0 amide bonds. The van der Waals surface area contributed by atoms with Gasteiger partial charge in [-0.2, -0.15) is 0 Å². The summed E-state index contributed by atoms with van der Waals surface area (Å²) in [5.74, 6) is 0. The fourth-order valence-electron chi connectivity index (χ4n) is 2.72. The summed E-state index contributed by atoms with van der Waals surface area (Å²) in [6.45, 7) is 0. The molecule has 0 aliphatic carbocycles. The number of nitrogens with two attached hydrogens (primary N) is 1. The Morgan fingerprint density at radius 1 is 1.64 bits per heavy atom. The molecule has 2 N–H and O–H groups in total. The average Bonchev–Trinajstić information content (AvgIpc) is 2.78. The predicted molar refractivity (Wildman–Crippen MR) is 49.4 cm³/mol. The first-order valence-corrected chi connectivity index (χ1v) is 4.99. The molecule has 0 spiro atoms. The maximum absolute atomic E-state index is 6.38. The van der Waals surface area contributed by atoms with E-state index >= 15 is 0 Å². The fraction of sp³-hybridized carbons (Fsp3) is 0.778. The van der Waals surface area contributed by atoms with Gasteiger partial charge in [-0.05, 0) is 19.3 Å². The molecule has 0 radical (unpaired) electrons. The molecule has 2 fully saturated rings. The highest BCUT2D eigenvalue weighted by Gasteiger charge is 2.52. The van der Waals surface area contributed by atoms with Crippen LogP contribution in [0.4, 0.5) is 0 Å². The van der Waals surface area contributed by atoms with E-state index in [1.54, 1.807) is 10.9 Å². The van der Waals surface area contributed by atoms with E-state index < -0.39 is 0 Å². The van der Waals surface area contributed by atoms with Crippen LogP contribution in [0.5, 0.6) is 0 Å². The molecule has 2 aliphatic rings. The lowest BCUT2D eigenvalue weighted by atomic mass is 9.80. The van der Waals surface area contributed by atoms with Gasteiger partial charge in [0.1, 0.15) is 0 Å². The highest BCUT2D eigenvalue weighted by molar-refractivity contribution is 5.19. The van der Waals surface area contributed by atoms with Gasteiger partial charge in [0.05, 0.1) is 29.6 Å². The Morgan fingerprint density at radius 2 is 2.50 bits per heavy atom. The Balaban J connectivity index is 2.02. The third-order valence-electron chi connectivity index (χ3n) is 3.44. The Hall–Kier alpha value is -0.940. The maximum atomic E-state index is 6.38. The van der Waals surface area contributed by atoms with Gasteiger partial charge in [-0.1, -0.05) is 5.21 Å². The molecule has 3 heterocycles. The van der Waals surface area contributed by atoms with Crippen LogP contribution in [-0.2, 0) is 17.3 Å². The standard InChI is InChI=1S/C9H14N4O/c1-13-7(5-11-12-13)9(10)4-6-2-3-8(9)14-6/h5-6,8H,2-4,10H2,1H3. The van der Waals surface area contributed by atoms with Crippen LogP contribution in [0.25, 0.3) is 0 Å². The van der Waals surface area contributed by atoms with Crippen molar-refractivity contribution in [3.8, 4) is 0 Å². The van der Waals surface area contributed by atoms with Crippen molar-refractivity contribution in [3.05, 3.63) is 11.9 Å². The van der Waals surface area contributed by atoms with Crippen LogP contribution in [0.1, 0.15) is 25.0 Å². The molecular weight excluding hydrogens is 180 g/mol. The SMILES string of the molecule is Cn1nncc1C1(N)CC2CCC1O2. The van der Waals surface area contributed by atoms with E-state index in [4.69, 9.17) is 10.5 Å². The van der Waals surface area contributed by atoms with Crippen molar-refractivity contribution in [1.82, 2.24) is 15.0 Å². The topological polar surface area (TPSA) is 66.0 Å². The summed E-state index contributed by atoms with van der Waals surface area (Å²) in [5.41, 5.74) is 7.02. The second-order valence-corrected chi connectivity index (χ2v) is 4.31. The van der Waals surface area contributed by atoms with E-state index in [1.807, 2.05) is 7.05 Å². The molecule has 1 aromatic rings. The van der Waals surface area contributed by atoms with Crippen molar-refractivity contribution in [2.24, 2.45) is 12.8 Å². The fourth-order valence-corrected chi connectivity index (χ4v) is 2.72. The molecule has 5 heteroatoms. The van der Waals surface area contributed by atoms with Crippen LogP contribution >= 0.6 is 0 Å². The molecule has 2 saturated heterocycles. The van der Waals surface area contributed by atoms with Crippen LogP contribution in [0.2, 0.25) is 0 Å². The van der Waals surface area contributed by atoms with Crippen molar-refractivity contribution < 1.29 is 4.74 Å². The highest BCUT2D eigenvalue weighted by Crippen LogP contribution is 2.45. The minimum atomic E-state index is -0.360. The first-order chi connectivity index (χ1) is 6.70. The molecule has 1 aromatic heterocycles. The average molecular weight is 194 g/mol. The molecule has 0 aromatic carbocycles. The molecule has 2 bridgehead atoms. The molecule has 3 atom stereocenters. The van der Waals surface area contributed by atoms with Crippen molar-refractivity contribution in [2.75, 3.05) is 0 Å². The van der Waals surface area contributed by atoms with Crippen molar-refractivity contribution in [1.29, 1.82) is 0 Å². The minimum Gasteiger partial charge on any atom is -0.373 e. The van der Waals surface area contributed by atoms with Crippen molar-refractivity contribution in [2.45, 2.75) is 37.0 Å². The Bertz CT molecular complexity index is 363. The van der Waals surface area contributed by atoms with Gasteiger partial charge < -0.3 is 10.5 Å². The smallest absolute Gasteiger partial charge is 0.0887 e. The largest absolute Gasteiger partial charge is 0.373 e. The van der Waals surface area contributed by atoms with Crippen molar-refractivity contribution in [3.63, 3.8) is 0 Å². The van der Waals surface area contributed by atoms with Crippen molar-refractivity contribution >= 4 is 0 Å². The van der Waals surface area contributed by atoms with Crippen LogP contribution in [0, 0.1) is 0 Å². The van der Waals surface area contributed by atoms with Gasteiger partial charge in [0.2, 0.25) is 0 Å². The summed E-state index contributed by atoms with van der Waals surface area (Å²) in [5, 5.41) is 7.79. The lowest BCUT2D eigenvalue weighted by Crippen LogP contribution is -2.47. The van der Waals surface area contributed by atoms with Crippen LogP contribution in [0.3, 0.4) is 0 Å². The number of rotatable bonds is 1. The number of hydrogen-bond acceptors (Lipinski definition) is 4. The zero-order valence-electron chi connectivity index (χ0n) is 8.18. The number of aryl methyl sites for hydroxylation is 1. The van der Waals surface area contributed by atoms with Gasteiger partial charge >= 0.3 is 0 Å². The van der Waals surface area contributed by atoms with Gasteiger partial charge in [-0.25, -0.2) is 0 Å². The quantitative estimate of drug-likeness (QED) is 0.679. The molecule has 2 aliphatic heterocycles. The van der Waals surface area contributed by atoms with Gasteiger partial charge in [-0.3, -0.25) is 4.68 Å². The molecule has 3 unspecified atom stereocenters. The molecule has 14 heavy (non-hydrogen) atoms. The maximum Gasteiger partial charge on any atom is 0.0887 e. The zero-order valence-corrected chi connectivity index (χ0v) is 8.18. The minimum absolute atomic E-state index is 0.157. The summed E-state index contributed by atoms with van der Waals surface area (Å²) in [4.78, 5) is 0. The van der Waals surface area contributed by atoms with E-state index in [2.05, 4.69) is 10.3 Å². The van der Waals surface area contributed by atoms with Gasteiger partial charge in [0.25, 0.3) is 0 Å². The van der Waals surface area contributed by atoms with Gasteiger partial charge in [-0.15, -0.1) is 5.10 Å². The molecule has 76 valence electrons. The third-order valence-corrected chi connectivity index (χ3v) is 3.44. The van der Waals surface area contributed by atoms with E-state index in [9.17, 15) is 0 Å². The van der Waals surface area contributed by atoms with E-state index in [1.165, 1.54) is 0 Å². The first-order valence-electron chi connectivity index (χ1n) is 4.99. The first kappa shape index (κ1) is 8.38. The Kier molecular flexibility index (Phi) is 1.52. The summed E-state index contributed by atoms with van der Waals surface area (Å²) in [7, 11) is 1.88. The molecule has 3 rings (SSSR count). The van der Waals surface area contributed by atoms with E-state index in [0.29, 0.717) is 6.10 Å². The second kappa shape index (κ2) is 2.55. The lowest BCUT2D eigenvalue weighted by Gasteiger charge is -2.30. The zero-order chi connectivity index (χ0) is 9.76. The number of ether oxygens (including phenoxy) is 1. The van der Waals surface area contributed by atoms with Crippen LogP contribution in [0.15, 0.2) is 6.20 Å². The number of hydrogen-bond donors (Lipinski definition) is 1. The normalized spacial score (nSPS) is 40.7. The van der Waals surface area contributed by atoms with Crippen LogP contribution in [-0.4, -0.2) is 27.2 Å². The highest BCUT2D eigenvalue weighted by atomic mass is 16.5. The van der Waals surface area contributed by atoms with Gasteiger partial charge in [0.15, 0.2) is 0 Å². The summed E-state index contributed by atoms with van der Waals surface area (Å²) >= 11 is 0. The molecular formula is C9H14N4O. The van der Waals surface area contributed by atoms with E-state index in [0.717, 1.165) is 25.0 Å². The summed E-state index contributed by atoms with van der Waals surface area (Å²) < 4.78 is 7.53. The predicted octanol–water partition coefficient (Wildman–Crippen LogP) is -0.0796. The molecule has 5 nitrogen and oxygen atoms in total. The molecule has 0 saturated carbocycles. The number of fused-ring (bicyclic) bond motifs is 2. The Labute approximate surface area is 82.2 Å². The summed E-state index contributed by atoms with van der Waals surface area (Å²) in [6.07, 6.45) is 5.37. The second-order valence-electron chi connectivity index (χ2n) is 4.31. The van der Waals surface area contributed by atoms with Gasteiger partial charge in [0, 0.05) is 7.05 Å². The monoisotopic (exact) mass is 194 g/mol. The third kappa shape index (κ3) is 0.911. The Morgan fingerprint density at radius 3 is 3.00 bits per heavy atom. The lowest BCUT2D eigenvalue weighted by molar-refractivity contribution is 0.0837.